The maximum Gasteiger partial charge on any atom is -0.0582 e. The molecule has 0 aromatic rings. The van der Waals surface area contributed by atoms with E-state index in [1.807, 2.05) is 0 Å². The van der Waals surface area contributed by atoms with Gasteiger partial charge in [0.2, 0.25) is 0 Å². The molecule has 2 aliphatic carbocycles. The smallest absolute Gasteiger partial charge is 0.0582 e. The van der Waals surface area contributed by atoms with Gasteiger partial charge in [0.25, 0.3) is 0 Å². The molecule has 5 unspecified atom stereocenters. The third-order valence-electron chi connectivity index (χ3n) is 6.03. The van der Waals surface area contributed by atoms with E-state index in [0.717, 1.165) is 29.6 Å². The fourth-order valence-electron chi connectivity index (χ4n) is 3.25. The first-order valence-corrected chi connectivity index (χ1v) is 10.8. The zero-order chi connectivity index (χ0) is 17.8. The molecule has 0 radical (unpaired) electrons. The number of hydrogen-bond acceptors (Lipinski definition) is 1. The van der Waals surface area contributed by atoms with Gasteiger partial charge in [0, 0.05) is 0 Å². The zero-order valence-electron chi connectivity index (χ0n) is 17.8. The van der Waals surface area contributed by atoms with Crippen molar-refractivity contribution in [1.82, 2.24) is 0 Å². The van der Waals surface area contributed by atoms with Crippen molar-refractivity contribution in [3.63, 3.8) is 0 Å². The van der Waals surface area contributed by atoms with Crippen molar-refractivity contribution in [2.24, 2.45) is 32.9 Å². The van der Waals surface area contributed by atoms with Crippen molar-refractivity contribution < 1.29 is 20.9 Å². The Labute approximate surface area is 166 Å². The Morgan fingerprint density at radius 3 is 1.58 bits per heavy atom. The van der Waals surface area contributed by atoms with Crippen molar-refractivity contribution >= 4 is 0 Å². The minimum Gasteiger partial charge on any atom is -0.358 e. The second kappa shape index (κ2) is 15.8. The number of rotatable bonds is 2. The summed E-state index contributed by atoms with van der Waals surface area (Å²) in [7, 11) is 0. The van der Waals surface area contributed by atoms with E-state index < -0.39 is 0 Å². The van der Waals surface area contributed by atoms with E-state index in [9.17, 15) is 0 Å². The SMILES string of the molecule is CC1[CH-]C(C)C(C)C(C)C1C.CCC(C)[N]=[Nb].[CH-]1CCCCC1.[CH3-]. The average molecular weight is 416 g/mol. The van der Waals surface area contributed by atoms with Gasteiger partial charge >= 0.3 is 50.5 Å². The maximum atomic E-state index is 4.06. The van der Waals surface area contributed by atoms with Crippen molar-refractivity contribution in [3.05, 3.63) is 20.3 Å². The Hall–Kier alpha value is 0.540. The van der Waals surface area contributed by atoms with Crippen LogP contribution in [0.15, 0.2) is 3.34 Å². The van der Waals surface area contributed by atoms with Crippen molar-refractivity contribution in [3.8, 4) is 0 Å². The molecule has 2 fully saturated rings. The van der Waals surface area contributed by atoms with Gasteiger partial charge in [-0.2, -0.15) is 24.7 Å². The Kier molecular flexibility index (Phi) is 17.6. The molecule has 2 saturated carbocycles. The van der Waals surface area contributed by atoms with Crippen LogP contribution >= 0.6 is 0 Å². The minimum absolute atomic E-state index is 0. The molecule has 1 nitrogen and oxygen atoms in total. The second-order valence-electron chi connectivity index (χ2n) is 7.79. The Morgan fingerprint density at radius 1 is 0.917 bits per heavy atom. The van der Waals surface area contributed by atoms with Crippen LogP contribution in [0.4, 0.5) is 0 Å². The third kappa shape index (κ3) is 11.2. The molecule has 2 rings (SSSR count). The fraction of sp³-hybridized carbons (Fsp3) is 0.864. The molecular formula is C22H44NNb-3. The van der Waals surface area contributed by atoms with Gasteiger partial charge < -0.3 is 20.3 Å². The van der Waals surface area contributed by atoms with Crippen LogP contribution < -0.4 is 0 Å². The van der Waals surface area contributed by atoms with Gasteiger partial charge in [-0.1, -0.05) is 65.7 Å². The van der Waals surface area contributed by atoms with Crippen LogP contribution in [-0.4, -0.2) is 6.04 Å². The van der Waals surface area contributed by atoms with Gasteiger partial charge in [0.1, 0.15) is 0 Å². The fourth-order valence-corrected chi connectivity index (χ4v) is 3.65. The first-order chi connectivity index (χ1) is 10.8. The monoisotopic (exact) mass is 415 g/mol. The summed E-state index contributed by atoms with van der Waals surface area (Å²) in [6, 6.07) is 0.582. The normalized spacial score (nSPS) is 33.5. The summed E-state index contributed by atoms with van der Waals surface area (Å²) < 4.78 is 4.06. The molecular weight excluding hydrogens is 371 g/mol. The molecule has 145 valence electrons. The summed E-state index contributed by atoms with van der Waals surface area (Å²) in [6.45, 7) is 16.1. The van der Waals surface area contributed by atoms with E-state index in [-0.39, 0.29) is 7.43 Å². The molecule has 24 heavy (non-hydrogen) atoms. The predicted molar refractivity (Wildman–Crippen MR) is 106 cm³/mol. The Morgan fingerprint density at radius 2 is 1.38 bits per heavy atom. The van der Waals surface area contributed by atoms with Gasteiger partial charge in [0.05, 0.1) is 0 Å². The van der Waals surface area contributed by atoms with Crippen LogP contribution in [0.25, 0.3) is 0 Å². The first kappa shape index (κ1) is 26.8. The molecule has 0 spiro atoms. The van der Waals surface area contributed by atoms with E-state index in [1.165, 1.54) is 38.5 Å². The minimum atomic E-state index is 0. The second-order valence-corrected chi connectivity index (χ2v) is 8.36. The standard InChI is InChI=1S/C11H21.C6H11.C4H9N.CH3.Nb/c1-7-6-8(2)10(4)11(5)9(7)3;1-2-4-6-5-3-1;1-3-4(2)5;;/h6-11H,1-5H3;1H,2-6H2;4H,3H2,1-2H3;1H3;/q2*-1;;-1;. The van der Waals surface area contributed by atoms with Crippen molar-refractivity contribution in [1.29, 1.82) is 0 Å². The van der Waals surface area contributed by atoms with Crippen LogP contribution in [0.1, 0.15) is 87.0 Å². The molecule has 2 heteroatoms. The molecule has 0 aliphatic heterocycles. The molecule has 0 aromatic heterocycles. The molecule has 2 aliphatic rings. The van der Waals surface area contributed by atoms with Crippen LogP contribution in [0.5, 0.6) is 0 Å². The Balaban J connectivity index is 0. The van der Waals surface area contributed by atoms with Crippen molar-refractivity contribution in [2.75, 3.05) is 0 Å². The quantitative estimate of drug-likeness (QED) is 0.327. The van der Waals surface area contributed by atoms with Gasteiger partial charge in [0.15, 0.2) is 0 Å². The van der Waals surface area contributed by atoms with E-state index in [0.29, 0.717) is 6.04 Å². The molecule has 0 aromatic carbocycles. The largest absolute Gasteiger partial charge is 0.358 e. The van der Waals surface area contributed by atoms with E-state index in [1.54, 1.807) is 20.9 Å². The molecule has 0 heterocycles. The topological polar surface area (TPSA) is 12.4 Å². The third-order valence-corrected chi connectivity index (χ3v) is 7.00. The van der Waals surface area contributed by atoms with Crippen LogP contribution in [0.2, 0.25) is 0 Å². The van der Waals surface area contributed by atoms with Gasteiger partial charge in [-0.3, -0.25) is 0 Å². The average Bonchev–Trinajstić information content (AvgIpc) is 2.60. The van der Waals surface area contributed by atoms with Gasteiger partial charge in [-0.15, -0.1) is 0 Å². The maximum absolute atomic E-state index is 4.06. The molecule has 0 saturated heterocycles. The summed E-state index contributed by atoms with van der Waals surface area (Å²) in [5.41, 5.74) is 0. The van der Waals surface area contributed by atoms with Crippen LogP contribution in [0, 0.1) is 49.9 Å². The predicted octanol–water partition coefficient (Wildman–Crippen LogP) is 7.51. The Bertz CT molecular complexity index is 262. The first-order valence-electron chi connectivity index (χ1n) is 9.85. The summed E-state index contributed by atoms with van der Waals surface area (Å²) in [4.78, 5) is 0. The molecule has 0 N–H and O–H groups in total. The number of hydrogen-bond donors (Lipinski definition) is 0. The summed E-state index contributed by atoms with van der Waals surface area (Å²) in [6.07, 6.45) is 13.2. The molecule has 0 bridgehead atoms. The van der Waals surface area contributed by atoms with E-state index in [2.05, 4.69) is 64.6 Å². The summed E-state index contributed by atoms with van der Waals surface area (Å²) in [5, 5.41) is 0. The zero-order valence-corrected chi connectivity index (χ0v) is 20.0. The van der Waals surface area contributed by atoms with E-state index >= 15 is 0 Å². The molecule has 0 amide bonds. The van der Waals surface area contributed by atoms with Crippen molar-refractivity contribution in [2.45, 2.75) is 93.0 Å². The van der Waals surface area contributed by atoms with Crippen LogP contribution in [0.3, 0.4) is 0 Å². The van der Waals surface area contributed by atoms with E-state index in [4.69, 9.17) is 0 Å². The van der Waals surface area contributed by atoms with Crippen LogP contribution in [-0.2, 0) is 20.9 Å². The number of nitrogens with zero attached hydrogens (tertiary/aromatic N) is 1. The summed E-state index contributed by atoms with van der Waals surface area (Å²) in [5.74, 6) is 4.28. The molecule has 5 atom stereocenters. The van der Waals surface area contributed by atoms with Gasteiger partial charge in [-0.25, -0.2) is 0 Å². The van der Waals surface area contributed by atoms with Gasteiger partial charge in [-0.05, 0) is 5.92 Å². The summed E-state index contributed by atoms with van der Waals surface area (Å²) >= 11 is 1.55.